The third-order valence-corrected chi connectivity index (χ3v) is 5.60. The van der Waals surface area contributed by atoms with Crippen molar-refractivity contribution in [2.75, 3.05) is 13.2 Å². The number of H-pyrrole nitrogens is 1. The Bertz CT molecular complexity index is 1280. The number of rotatable bonds is 3. The number of aromatic nitrogens is 4. The van der Waals surface area contributed by atoms with Gasteiger partial charge in [-0.15, -0.1) is 0 Å². The second-order valence-corrected chi connectivity index (χ2v) is 7.95. The first kappa shape index (κ1) is 19.1. The summed E-state index contributed by atoms with van der Waals surface area (Å²) in [6, 6.07) is 7.81. The molecule has 152 valence electrons. The van der Waals surface area contributed by atoms with Crippen LogP contribution in [0.25, 0.3) is 16.6 Å². The molecule has 4 aromatic rings. The van der Waals surface area contributed by atoms with Gasteiger partial charge < -0.3 is 14.3 Å². The molecule has 1 N–H and O–H groups in total. The van der Waals surface area contributed by atoms with Crippen LogP contribution in [0.1, 0.15) is 11.1 Å². The fourth-order valence-electron chi connectivity index (χ4n) is 3.73. The first-order chi connectivity index (χ1) is 14.6. The summed E-state index contributed by atoms with van der Waals surface area (Å²) in [5, 5.41) is 2.03. The summed E-state index contributed by atoms with van der Waals surface area (Å²) < 4.78 is 7.99. The summed E-state index contributed by atoms with van der Waals surface area (Å²) in [7, 11) is 0. The predicted molar refractivity (Wildman–Crippen MR) is 116 cm³/mol. The third kappa shape index (κ3) is 3.67. The topological polar surface area (TPSA) is 76.0 Å². The molecule has 0 bridgehead atoms. The van der Waals surface area contributed by atoms with Crippen LogP contribution < -0.4 is 10.4 Å². The molecule has 9 heteroatoms. The molecule has 1 aliphatic heterocycles. The van der Waals surface area contributed by atoms with Crippen LogP contribution >= 0.6 is 23.2 Å². The van der Waals surface area contributed by atoms with Crippen LogP contribution in [0, 0.1) is 0 Å². The molecule has 0 saturated carbocycles. The average Bonchev–Trinajstić information content (AvgIpc) is 3.02. The molecule has 0 fully saturated rings. The maximum absolute atomic E-state index is 11.2. The zero-order chi connectivity index (χ0) is 20.7. The highest BCUT2D eigenvalue weighted by Crippen LogP contribution is 2.35. The molecule has 0 radical (unpaired) electrons. The van der Waals surface area contributed by atoms with E-state index in [1.54, 1.807) is 18.6 Å². The van der Waals surface area contributed by atoms with Gasteiger partial charge in [-0.25, -0.2) is 14.8 Å². The second-order valence-electron chi connectivity index (χ2n) is 7.15. The van der Waals surface area contributed by atoms with Crippen molar-refractivity contribution in [2.24, 2.45) is 0 Å². The molecular formula is C21H17Cl2N5O2. The van der Waals surface area contributed by atoms with Crippen molar-refractivity contribution in [2.45, 2.75) is 13.1 Å². The van der Waals surface area contributed by atoms with Crippen LogP contribution in [0.5, 0.6) is 5.75 Å². The van der Waals surface area contributed by atoms with E-state index in [0.717, 1.165) is 34.3 Å². The van der Waals surface area contributed by atoms with Gasteiger partial charge in [0.05, 0.1) is 16.7 Å². The molecule has 0 unspecified atom stereocenters. The van der Waals surface area contributed by atoms with E-state index in [9.17, 15) is 4.79 Å². The number of benzene rings is 1. The normalized spacial score (nSPS) is 14.3. The number of nitrogens with zero attached hydrogens (tertiary/aromatic N) is 4. The van der Waals surface area contributed by atoms with E-state index in [-0.39, 0.29) is 5.69 Å². The van der Waals surface area contributed by atoms with E-state index in [2.05, 4.69) is 25.9 Å². The van der Waals surface area contributed by atoms with Crippen molar-refractivity contribution in [3.05, 3.63) is 80.8 Å². The summed E-state index contributed by atoms with van der Waals surface area (Å²) in [5.41, 5.74) is 3.44. The van der Waals surface area contributed by atoms with E-state index in [1.165, 1.54) is 0 Å². The lowest BCUT2D eigenvalue weighted by molar-refractivity contribution is 0.219. The van der Waals surface area contributed by atoms with Gasteiger partial charge in [0.15, 0.2) is 0 Å². The number of aromatic amines is 1. The zero-order valence-corrected chi connectivity index (χ0v) is 17.3. The van der Waals surface area contributed by atoms with Crippen molar-refractivity contribution in [1.82, 2.24) is 24.4 Å². The number of nitrogens with one attached hydrogen (secondary N) is 1. The van der Waals surface area contributed by atoms with Crippen LogP contribution in [-0.4, -0.2) is 37.6 Å². The summed E-state index contributed by atoms with van der Waals surface area (Å²) in [4.78, 5) is 24.1. The minimum absolute atomic E-state index is 0.352. The average molecular weight is 442 g/mol. The molecule has 1 aromatic carbocycles. The summed E-state index contributed by atoms with van der Waals surface area (Å²) in [6.45, 7) is 2.56. The van der Waals surface area contributed by atoms with Gasteiger partial charge in [0.1, 0.15) is 17.5 Å². The zero-order valence-electron chi connectivity index (χ0n) is 15.8. The lowest BCUT2D eigenvalue weighted by atomic mass is 10.1. The maximum Gasteiger partial charge on any atom is 0.344 e. The Morgan fingerprint density at radius 3 is 2.90 bits per heavy atom. The molecule has 30 heavy (non-hydrogen) atoms. The quantitative estimate of drug-likeness (QED) is 0.489. The number of hydrogen-bond acceptors (Lipinski definition) is 5. The molecule has 4 heterocycles. The smallest absolute Gasteiger partial charge is 0.344 e. The summed E-state index contributed by atoms with van der Waals surface area (Å²) >= 11 is 12.6. The predicted octanol–water partition coefficient (Wildman–Crippen LogP) is 3.81. The summed E-state index contributed by atoms with van der Waals surface area (Å²) in [5.74, 6) is 0.708. The lowest BCUT2D eigenvalue weighted by Crippen LogP contribution is -2.26. The molecule has 0 atom stereocenters. The van der Waals surface area contributed by atoms with Crippen LogP contribution in [0.4, 0.5) is 0 Å². The SMILES string of the molecule is O=c1ncc(CN2CCOc3c(Cl)cc(-n4ccc5cc(Cl)ncc54)cc3C2)c[nH]1. The standard InChI is InChI=1S/C21H17Cl2N5O2/c22-17-7-16(28-2-1-14-6-19(23)24-10-18(14)28)5-15-12-27(3-4-30-20(15)17)11-13-8-25-21(29)26-9-13/h1-2,5-10H,3-4,11-12H2,(H,25,26,29). The Kier molecular flexibility index (Phi) is 4.94. The number of pyridine rings is 1. The highest BCUT2D eigenvalue weighted by molar-refractivity contribution is 6.32. The molecule has 7 nitrogen and oxygen atoms in total. The van der Waals surface area contributed by atoms with Crippen molar-refractivity contribution in [1.29, 1.82) is 0 Å². The molecule has 0 aliphatic carbocycles. The van der Waals surface area contributed by atoms with E-state index in [1.807, 2.05) is 29.0 Å². The van der Waals surface area contributed by atoms with Crippen molar-refractivity contribution >= 4 is 34.1 Å². The van der Waals surface area contributed by atoms with Crippen molar-refractivity contribution < 1.29 is 4.74 Å². The lowest BCUT2D eigenvalue weighted by Gasteiger charge is -2.19. The Hall–Kier alpha value is -2.87. The third-order valence-electron chi connectivity index (χ3n) is 5.11. The molecule has 0 saturated heterocycles. The Labute approximate surface area is 181 Å². The Morgan fingerprint density at radius 2 is 2.07 bits per heavy atom. The molecule has 0 amide bonds. The summed E-state index contributed by atoms with van der Waals surface area (Å²) in [6.07, 6.45) is 7.01. The van der Waals surface area contributed by atoms with E-state index in [0.29, 0.717) is 35.6 Å². The monoisotopic (exact) mass is 441 g/mol. The highest BCUT2D eigenvalue weighted by atomic mass is 35.5. The minimum atomic E-state index is -0.352. The molecule has 0 spiro atoms. The van der Waals surface area contributed by atoms with Gasteiger partial charge in [-0.3, -0.25) is 4.90 Å². The number of ether oxygens (including phenoxy) is 1. The van der Waals surface area contributed by atoms with Crippen LogP contribution in [-0.2, 0) is 13.1 Å². The Morgan fingerprint density at radius 1 is 1.17 bits per heavy atom. The highest BCUT2D eigenvalue weighted by Gasteiger charge is 2.20. The van der Waals surface area contributed by atoms with Crippen LogP contribution in [0.3, 0.4) is 0 Å². The number of halogens is 2. The van der Waals surface area contributed by atoms with Crippen molar-refractivity contribution in [3.8, 4) is 11.4 Å². The number of hydrogen-bond donors (Lipinski definition) is 1. The molecule has 1 aliphatic rings. The van der Waals surface area contributed by atoms with E-state index < -0.39 is 0 Å². The van der Waals surface area contributed by atoms with Gasteiger partial charge in [0.25, 0.3) is 0 Å². The van der Waals surface area contributed by atoms with Gasteiger partial charge in [-0.05, 0) is 24.3 Å². The largest absolute Gasteiger partial charge is 0.490 e. The Balaban J connectivity index is 1.50. The van der Waals surface area contributed by atoms with E-state index >= 15 is 0 Å². The molecule has 3 aromatic heterocycles. The first-order valence-corrected chi connectivity index (χ1v) is 10.2. The fourth-order valence-corrected chi connectivity index (χ4v) is 4.19. The van der Waals surface area contributed by atoms with Gasteiger partial charge in [-0.2, -0.15) is 0 Å². The molecular weight excluding hydrogens is 425 g/mol. The van der Waals surface area contributed by atoms with Gasteiger partial charge >= 0.3 is 5.69 Å². The van der Waals surface area contributed by atoms with Gasteiger partial charge in [-0.1, -0.05) is 23.2 Å². The minimum Gasteiger partial charge on any atom is -0.490 e. The van der Waals surface area contributed by atoms with Crippen LogP contribution in [0.15, 0.2) is 53.8 Å². The maximum atomic E-state index is 11.2. The van der Waals surface area contributed by atoms with Gasteiger partial charge in [0.2, 0.25) is 0 Å². The van der Waals surface area contributed by atoms with Crippen LogP contribution in [0.2, 0.25) is 10.2 Å². The van der Waals surface area contributed by atoms with Gasteiger partial charge in [0, 0.05) is 60.4 Å². The fraction of sp³-hybridized carbons (Fsp3) is 0.190. The number of fused-ring (bicyclic) bond motifs is 2. The van der Waals surface area contributed by atoms with E-state index in [4.69, 9.17) is 27.9 Å². The second kappa shape index (κ2) is 7.75. The first-order valence-electron chi connectivity index (χ1n) is 9.41. The molecule has 5 rings (SSSR count). The van der Waals surface area contributed by atoms with Crippen molar-refractivity contribution in [3.63, 3.8) is 0 Å².